The first-order valence-electron chi connectivity index (χ1n) is 14.1. The maximum absolute atomic E-state index is 9.06. The van der Waals surface area contributed by atoms with Crippen molar-refractivity contribution in [2.24, 2.45) is 0 Å². The monoisotopic (exact) mass is 643 g/mol. The molecular formula is C35H35Cl2N5O3. The summed E-state index contributed by atoms with van der Waals surface area (Å²) in [6, 6.07) is 22.0. The molecule has 5 aromatic rings. The minimum Gasteiger partial charge on any atom is -0.495 e. The highest BCUT2D eigenvalue weighted by Crippen LogP contribution is 2.46. The molecule has 0 aliphatic rings. The molecule has 3 aromatic carbocycles. The van der Waals surface area contributed by atoms with Gasteiger partial charge in [-0.15, -0.1) is 0 Å². The number of aromatic nitrogens is 2. The third-order valence-corrected chi connectivity index (χ3v) is 7.74. The molecule has 8 nitrogen and oxygen atoms in total. The van der Waals surface area contributed by atoms with Crippen LogP contribution in [0.2, 0.25) is 10.0 Å². The standard InChI is InChI=1S/C32H31Cl2N5O2.C3H4O/c1-19-9-8-12-23(35-2)31(19)39-27-16-22-21(18-37-27)15-24(28-29(33)25(40-3)17-26(41-4)30(28)34)38-32(22)36-14-13-20-10-6-5-7-11-20;1-2-3-4/h5-12,15-18,35H,13-14H2,1-4H3,(H,36,38)(H,37,39);2-3H,1H2. The first-order valence-corrected chi connectivity index (χ1v) is 14.9. The Morgan fingerprint density at radius 1 is 0.956 bits per heavy atom. The predicted molar refractivity (Wildman–Crippen MR) is 187 cm³/mol. The van der Waals surface area contributed by atoms with Crippen molar-refractivity contribution in [1.82, 2.24) is 9.97 Å². The average molecular weight is 645 g/mol. The average Bonchev–Trinajstić information content (AvgIpc) is 3.06. The summed E-state index contributed by atoms with van der Waals surface area (Å²) >= 11 is 13.5. The lowest BCUT2D eigenvalue weighted by atomic mass is 10.1. The number of nitrogens with one attached hydrogen (secondary N) is 3. The number of allylic oxidation sites excluding steroid dienone is 1. The fourth-order valence-corrected chi connectivity index (χ4v) is 5.42. The summed E-state index contributed by atoms with van der Waals surface area (Å²) in [4.78, 5) is 18.8. The summed E-state index contributed by atoms with van der Waals surface area (Å²) in [5.41, 5.74) is 5.38. The maximum Gasteiger partial charge on any atom is 0.142 e. The molecule has 0 aliphatic carbocycles. The van der Waals surface area contributed by atoms with Gasteiger partial charge in [-0.1, -0.05) is 72.2 Å². The third kappa shape index (κ3) is 7.84. The fraction of sp³-hybridized carbons (Fsp3) is 0.171. The van der Waals surface area contributed by atoms with Crippen LogP contribution in [0.4, 0.5) is 23.0 Å². The van der Waals surface area contributed by atoms with Crippen LogP contribution in [0.25, 0.3) is 22.0 Å². The molecule has 0 saturated heterocycles. The minimum atomic E-state index is 0.353. The number of hydrogen-bond acceptors (Lipinski definition) is 8. The van der Waals surface area contributed by atoms with Gasteiger partial charge in [-0.2, -0.15) is 0 Å². The highest BCUT2D eigenvalue weighted by molar-refractivity contribution is 6.41. The number of ether oxygens (including phenoxy) is 2. The van der Waals surface area contributed by atoms with E-state index in [4.69, 9.17) is 47.4 Å². The van der Waals surface area contributed by atoms with Gasteiger partial charge in [-0.3, -0.25) is 4.79 Å². The zero-order chi connectivity index (χ0) is 32.3. The van der Waals surface area contributed by atoms with E-state index in [0.29, 0.717) is 57.3 Å². The lowest BCUT2D eigenvalue weighted by Gasteiger charge is -2.18. The van der Waals surface area contributed by atoms with Crippen LogP contribution in [0.15, 0.2) is 85.6 Å². The van der Waals surface area contributed by atoms with Gasteiger partial charge >= 0.3 is 0 Å². The Morgan fingerprint density at radius 3 is 2.27 bits per heavy atom. The smallest absolute Gasteiger partial charge is 0.142 e. The Hall–Kier alpha value is -4.79. The zero-order valence-corrected chi connectivity index (χ0v) is 27.1. The molecule has 0 spiro atoms. The van der Waals surface area contributed by atoms with E-state index in [-0.39, 0.29) is 0 Å². The number of nitrogens with zero attached hydrogens (tertiary/aromatic N) is 2. The number of anilines is 4. The lowest BCUT2D eigenvalue weighted by Crippen LogP contribution is -2.08. The molecular weight excluding hydrogens is 609 g/mol. The number of fused-ring (bicyclic) bond motifs is 1. The van der Waals surface area contributed by atoms with E-state index in [2.05, 4.69) is 47.7 Å². The van der Waals surface area contributed by atoms with E-state index in [9.17, 15) is 0 Å². The second-order valence-corrected chi connectivity index (χ2v) is 10.6. The number of carbonyl (C=O) groups excluding carboxylic acids is 1. The number of rotatable bonds is 11. The number of aryl methyl sites for hydroxylation is 1. The number of benzene rings is 3. The van der Waals surface area contributed by atoms with Gasteiger partial charge in [0.25, 0.3) is 0 Å². The molecule has 232 valence electrons. The van der Waals surface area contributed by atoms with Gasteiger partial charge in [-0.05, 0) is 48.7 Å². The topological polar surface area (TPSA) is 97.4 Å². The molecule has 0 fully saturated rings. The lowest BCUT2D eigenvalue weighted by molar-refractivity contribution is -0.104. The molecule has 0 saturated carbocycles. The Morgan fingerprint density at radius 2 is 1.64 bits per heavy atom. The normalized spacial score (nSPS) is 10.4. The molecule has 3 N–H and O–H groups in total. The number of halogens is 2. The highest BCUT2D eigenvalue weighted by Gasteiger charge is 2.21. The Kier molecular flexibility index (Phi) is 11.6. The van der Waals surface area contributed by atoms with Gasteiger partial charge < -0.3 is 25.4 Å². The van der Waals surface area contributed by atoms with E-state index < -0.39 is 0 Å². The molecule has 10 heteroatoms. The van der Waals surface area contributed by atoms with Crippen LogP contribution in [0.1, 0.15) is 11.1 Å². The predicted octanol–water partition coefficient (Wildman–Crippen LogP) is 8.74. The molecule has 45 heavy (non-hydrogen) atoms. The highest BCUT2D eigenvalue weighted by atomic mass is 35.5. The van der Waals surface area contributed by atoms with Crippen LogP contribution in [0, 0.1) is 6.92 Å². The number of para-hydroxylation sites is 1. The molecule has 5 rings (SSSR count). The second-order valence-electron chi connectivity index (χ2n) is 9.84. The molecule has 2 heterocycles. The zero-order valence-electron chi connectivity index (χ0n) is 25.6. The van der Waals surface area contributed by atoms with Crippen molar-refractivity contribution in [2.75, 3.05) is 43.8 Å². The number of hydrogen-bond donors (Lipinski definition) is 3. The number of aldehydes is 1. The largest absolute Gasteiger partial charge is 0.495 e. The molecule has 0 radical (unpaired) electrons. The quantitative estimate of drug-likeness (QED) is 0.0971. The van der Waals surface area contributed by atoms with Crippen molar-refractivity contribution in [1.29, 1.82) is 0 Å². The first-order chi connectivity index (χ1) is 21.8. The number of methoxy groups -OCH3 is 2. The van der Waals surface area contributed by atoms with Crippen molar-refractivity contribution in [3.8, 4) is 22.8 Å². The van der Waals surface area contributed by atoms with Crippen molar-refractivity contribution >= 4 is 63.3 Å². The first kappa shape index (κ1) is 33.1. The van der Waals surface area contributed by atoms with Crippen LogP contribution in [-0.4, -0.2) is 44.1 Å². The SMILES string of the molecule is C=CC=O.CNc1cccc(C)c1Nc1cc2c(NCCc3ccccc3)nc(-c3c(Cl)c(OC)cc(OC)c3Cl)cc2cn1. The Balaban J connectivity index is 0.00000109. The van der Waals surface area contributed by atoms with Gasteiger partial charge in [-0.25, -0.2) is 9.97 Å². The summed E-state index contributed by atoms with van der Waals surface area (Å²) in [7, 11) is 5.00. The van der Waals surface area contributed by atoms with Crippen LogP contribution < -0.4 is 25.4 Å². The van der Waals surface area contributed by atoms with Gasteiger partial charge in [0, 0.05) is 42.2 Å². The minimum absolute atomic E-state index is 0.353. The van der Waals surface area contributed by atoms with Crippen molar-refractivity contribution < 1.29 is 14.3 Å². The van der Waals surface area contributed by atoms with Gasteiger partial charge in [0.2, 0.25) is 0 Å². The molecule has 0 unspecified atom stereocenters. The number of carbonyl (C=O) groups is 1. The van der Waals surface area contributed by atoms with Gasteiger partial charge in [0.1, 0.15) is 29.4 Å². The second kappa shape index (κ2) is 15.8. The number of pyridine rings is 2. The summed E-state index contributed by atoms with van der Waals surface area (Å²) in [5.74, 6) is 2.27. The Bertz CT molecular complexity index is 1760. The van der Waals surface area contributed by atoms with E-state index in [1.54, 1.807) is 20.3 Å². The summed E-state index contributed by atoms with van der Waals surface area (Å²) in [6.45, 7) is 5.84. The van der Waals surface area contributed by atoms with Gasteiger partial charge in [0.05, 0.1) is 41.3 Å². The van der Waals surface area contributed by atoms with Crippen LogP contribution in [0.5, 0.6) is 11.5 Å². The third-order valence-electron chi connectivity index (χ3n) is 6.98. The van der Waals surface area contributed by atoms with Gasteiger partial charge in [0.15, 0.2) is 0 Å². The molecule has 0 amide bonds. The van der Waals surface area contributed by atoms with Crippen LogP contribution >= 0.6 is 23.2 Å². The van der Waals surface area contributed by atoms with Crippen molar-refractivity contribution in [3.05, 3.63) is 107 Å². The molecule has 0 bridgehead atoms. The molecule has 0 atom stereocenters. The summed E-state index contributed by atoms with van der Waals surface area (Å²) in [6.07, 6.45) is 4.48. The maximum atomic E-state index is 9.06. The van der Waals surface area contributed by atoms with Crippen molar-refractivity contribution in [2.45, 2.75) is 13.3 Å². The Labute approximate surface area is 273 Å². The van der Waals surface area contributed by atoms with E-state index >= 15 is 0 Å². The fourth-order valence-electron chi connectivity index (χ4n) is 4.73. The molecule has 2 aromatic heterocycles. The van der Waals surface area contributed by atoms with E-state index in [0.717, 1.165) is 34.1 Å². The van der Waals surface area contributed by atoms with E-state index in [1.807, 2.05) is 55.7 Å². The van der Waals surface area contributed by atoms with Crippen LogP contribution in [-0.2, 0) is 11.2 Å². The summed E-state index contributed by atoms with van der Waals surface area (Å²) in [5, 5.41) is 12.7. The van der Waals surface area contributed by atoms with E-state index in [1.165, 1.54) is 11.6 Å². The van der Waals surface area contributed by atoms with Crippen molar-refractivity contribution in [3.63, 3.8) is 0 Å². The molecule has 0 aliphatic heterocycles. The summed E-state index contributed by atoms with van der Waals surface area (Å²) < 4.78 is 11.0. The van der Waals surface area contributed by atoms with Crippen LogP contribution in [0.3, 0.4) is 0 Å².